The van der Waals surface area contributed by atoms with Gasteiger partial charge in [-0.2, -0.15) is 0 Å². The molecular weight excluding hydrogens is 315 g/mol. The molecule has 2 aromatic carbocycles. The Labute approximate surface area is 120 Å². The number of rotatable bonds is 3. The smallest absolute Gasteiger partial charge is 0.127 e. The summed E-state index contributed by atoms with van der Waals surface area (Å²) in [6, 6.07) is 12.9. The normalized spacial score (nSPS) is 12.4. The van der Waals surface area contributed by atoms with Gasteiger partial charge in [-0.3, -0.25) is 0 Å². The van der Waals surface area contributed by atoms with Gasteiger partial charge in [0.1, 0.15) is 5.82 Å². The van der Waals surface area contributed by atoms with E-state index in [4.69, 9.17) is 11.6 Å². The topological polar surface area (TPSA) is 0 Å². The Hall–Kier alpha value is -0.860. The first-order valence-corrected chi connectivity index (χ1v) is 7.00. The van der Waals surface area contributed by atoms with Crippen LogP contribution in [-0.2, 0) is 6.42 Å². The SMILES string of the molecule is Cc1ccc(CC(Br)c2cc(Cl)ccc2F)cc1. The van der Waals surface area contributed by atoms with Crippen molar-refractivity contribution in [2.45, 2.75) is 18.2 Å². The molecule has 1 atom stereocenters. The van der Waals surface area contributed by atoms with Crippen LogP contribution in [0.5, 0.6) is 0 Å². The molecule has 0 heterocycles. The van der Waals surface area contributed by atoms with Crippen molar-refractivity contribution in [3.63, 3.8) is 0 Å². The predicted molar refractivity (Wildman–Crippen MR) is 78.0 cm³/mol. The van der Waals surface area contributed by atoms with Gasteiger partial charge in [0.25, 0.3) is 0 Å². The summed E-state index contributed by atoms with van der Waals surface area (Å²) in [5.41, 5.74) is 2.99. The van der Waals surface area contributed by atoms with Gasteiger partial charge in [-0.15, -0.1) is 0 Å². The van der Waals surface area contributed by atoms with E-state index in [-0.39, 0.29) is 10.6 Å². The molecule has 0 fully saturated rings. The molecular formula is C15H13BrClF. The molecule has 0 aliphatic rings. The lowest BCUT2D eigenvalue weighted by Gasteiger charge is -2.12. The summed E-state index contributed by atoms with van der Waals surface area (Å²) in [5, 5.41) is 0.555. The number of alkyl halides is 1. The molecule has 3 heteroatoms. The van der Waals surface area contributed by atoms with Crippen LogP contribution < -0.4 is 0 Å². The van der Waals surface area contributed by atoms with Crippen LogP contribution in [0, 0.1) is 12.7 Å². The minimum Gasteiger partial charge on any atom is -0.207 e. The third-order valence-corrected chi connectivity index (χ3v) is 3.88. The van der Waals surface area contributed by atoms with E-state index in [1.54, 1.807) is 12.1 Å². The number of benzene rings is 2. The van der Waals surface area contributed by atoms with Gasteiger partial charge in [0.2, 0.25) is 0 Å². The van der Waals surface area contributed by atoms with Crippen LogP contribution in [0.2, 0.25) is 5.02 Å². The van der Waals surface area contributed by atoms with Crippen molar-refractivity contribution in [1.29, 1.82) is 0 Å². The quantitative estimate of drug-likeness (QED) is 0.656. The third-order valence-electron chi connectivity index (χ3n) is 2.83. The second-order valence-corrected chi connectivity index (χ2v) is 5.86. The summed E-state index contributed by atoms with van der Waals surface area (Å²) in [6.45, 7) is 2.05. The average molecular weight is 328 g/mol. The molecule has 18 heavy (non-hydrogen) atoms. The molecule has 0 spiro atoms. The Morgan fingerprint density at radius 2 is 1.83 bits per heavy atom. The highest BCUT2D eigenvalue weighted by Crippen LogP contribution is 2.30. The molecule has 1 unspecified atom stereocenters. The van der Waals surface area contributed by atoms with Crippen molar-refractivity contribution in [3.8, 4) is 0 Å². The van der Waals surface area contributed by atoms with Gasteiger partial charge in [0, 0.05) is 15.4 Å². The van der Waals surface area contributed by atoms with Crippen molar-refractivity contribution >= 4 is 27.5 Å². The zero-order valence-electron chi connectivity index (χ0n) is 9.96. The molecule has 94 valence electrons. The van der Waals surface area contributed by atoms with Crippen molar-refractivity contribution in [2.75, 3.05) is 0 Å². The van der Waals surface area contributed by atoms with Crippen LogP contribution >= 0.6 is 27.5 Å². The summed E-state index contributed by atoms with van der Waals surface area (Å²) in [7, 11) is 0. The van der Waals surface area contributed by atoms with Crippen molar-refractivity contribution < 1.29 is 4.39 Å². The van der Waals surface area contributed by atoms with Crippen LogP contribution in [0.25, 0.3) is 0 Å². The first-order valence-electron chi connectivity index (χ1n) is 5.71. The molecule has 0 nitrogen and oxygen atoms in total. The van der Waals surface area contributed by atoms with E-state index in [2.05, 4.69) is 40.2 Å². The molecule has 0 bridgehead atoms. The first-order chi connectivity index (χ1) is 8.56. The summed E-state index contributed by atoms with van der Waals surface area (Å²) >= 11 is 9.42. The Bertz CT molecular complexity index is 537. The molecule has 2 rings (SSSR count). The molecule has 0 aliphatic heterocycles. The summed E-state index contributed by atoms with van der Waals surface area (Å²) in [4.78, 5) is -0.0705. The highest BCUT2D eigenvalue weighted by Gasteiger charge is 2.13. The zero-order chi connectivity index (χ0) is 13.1. The van der Waals surface area contributed by atoms with Gasteiger partial charge in [-0.05, 0) is 37.1 Å². The molecule has 0 radical (unpaired) electrons. The lowest BCUT2D eigenvalue weighted by molar-refractivity contribution is 0.608. The lowest BCUT2D eigenvalue weighted by Crippen LogP contribution is -1.98. The molecule has 0 amide bonds. The van der Waals surface area contributed by atoms with Crippen LogP contribution in [0.3, 0.4) is 0 Å². The number of halogens is 3. The standard InChI is InChI=1S/C15H13BrClF/c1-10-2-4-11(5-3-10)8-14(16)13-9-12(17)6-7-15(13)18/h2-7,9,14H,8H2,1H3. The Balaban J connectivity index is 2.18. The van der Waals surface area contributed by atoms with E-state index in [1.807, 2.05) is 6.92 Å². The maximum atomic E-state index is 13.7. The molecule has 0 saturated heterocycles. The zero-order valence-corrected chi connectivity index (χ0v) is 12.3. The molecule has 2 aromatic rings. The predicted octanol–water partition coefficient (Wildman–Crippen LogP) is 5.47. The largest absolute Gasteiger partial charge is 0.207 e. The van der Waals surface area contributed by atoms with Crippen molar-refractivity contribution in [3.05, 3.63) is 70.0 Å². The highest BCUT2D eigenvalue weighted by atomic mass is 79.9. The molecule has 0 saturated carbocycles. The Morgan fingerprint density at radius 3 is 2.50 bits per heavy atom. The van der Waals surface area contributed by atoms with Crippen LogP contribution in [0.1, 0.15) is 21.5 Å². The second-order valence-electron chi connectivity index (χ2n) is 4.32. The van der Waals surface area contributed by atoms with E-state index in [1.165, 1.54) is 17.2 Å². The second kappa shape index (κ2) is 5.85. The maximum Gasteiger partial charge on any atom is 0.127 e. The number of aryl methyl sites for hydroxylation is 1. The first kappa shape index (κ1) is 13.6. The van der Waals surface area contributed by atoms with Gasteiger partial charge in [-0.1, -0.05) is 57.4 Å². The third kappa shape index (κ3) is 3.33. The van der Waals surface area contributed by atoms with E-state index >= 15 is 0 Å². The fourth-order valence-electron chi connectivity index (χ4n) is 1.80. The van der Waals surface area contributed by atoms with E-state index in [9.17, 15) is 4.39 Å². The van der Waals surface area contributed by atoms with E-state index in [0.717, 1.165) is 6.42 Å². The van der Waals surface area contributed by atoms with Crippen molar-refractivity contribution in [1.82, 2.24) is 0 Å². The van der Waals surface area contributed by atoms with Crippen LogP contribution in [0.15, 0.2) is 42.5 Å². The van der Waals surface area contributed by atoms with Gasteiger partial charge in [-0.25, -0.2) is 4.39 Å². The molecule has 0 aliphatic carbocycles. The highest BCUT2D eigenvalue weighted by molar-refractivity contribution is 9.09. The van der Waals surface area contributed by atoms with E-state index in [0.29, 0.717) is 10.6 Å². The number of hydrogen-bond donors (Lipinski definition) is 0. The van der Waals surface area contributed by atoms with Crippen LogP contribution in [0.4, 0.5) is 4.39 Å². The Kier molecular flexibility index (Phi) is 4.41. The average Bonchev–Trinajstić information content (AvgIpc) is 2.35. The summed E-state index contributed by atoms with van der Waals surface area (Å²) in [6.07, 6.45) is 0.734. The van der Waals surface area contributed by atoms with Gasteiger partial charge >= 0.3 is 0 Å². The van der Waals surface area contributed by atoms with Gasteiger partial charge < -0.3 is 0 Å². The van der Waals surface area contributed by atoms with Gasteiger partial charge in [0.15, 0.2) is 0 Å². The minimum absolute atomic E-state index is 0.0705. The molecule has 0 aromatic heterocycles. The Morgan fingerprint density at radius 1 is 1.17 bits per heavy atom. The summed E-state index contributed by atoms with van der Waals surface area (Å²) < 4.78 is 13.7. The maximum absolute atomic E-state index is 13.7. The fraction of sp³-hybridized carbons (Fsp3) is 0.200. The fourth-order valence-corrected chi connectivity index (χ4v) is 2.70. The van der Waals surface area contributed by atoms with Gasteiger partial charge in [0.05, 0.1) is 0 Å². The minimum atomic E-state index is -0.228. The summed E-state index contributed by atoms with van der Waals surface area (Å²) in [5.74, 6) is -0.228. The van der Waals surface area contributed by atoms with Crippen molar-refractivity contribution in [2.24, 2.45) is 0 Å². The lowest BCUT2D eigenvalue weighted by atomic mass is 10.0. The van der Waals surface area contributed by atoms with E-state index < -0.39 is 0 Å². The number of hydrogen-bond acceptors (Lipinski definition) is 0. The monoisotopic (exact) mass is 326 g/mol. The van der Waals surface area contributed by atoms with Crippen LogP contribution in [-0.4, -0.2) is 0 Å². The molecule has 0 N–H and O–H groups in total.